The molecule has 0 saturated carbocycles. The van der Waals surface area contributed by atoms with Crippen LogP contribution in [-0.2, 0) is 11.2 Å². The van der Waals surface area contributed by atoms with Gasteiger partial charge in [-0.1, -0.05) is 48.5 Å². The molecule has 0 saturated heterocycles. The van der Waals surface area contributed by atoms with Crippen molar-refractivity contribution in [1.29, 1.82) is 0 Å². The molecule has 0 fully saturated rings. The predicted molar refractivity (Wildman–Crippen MR) is 83.6 cm³/mol. The van der Waals surface area contributed by atoms with Crippen LogP contribution in [0.1, 0.15) is 23.6 Å². The van der Waals surface area contributed by atoms with Gasteiger partial charge < -0.3 is 16.2 Å². The van der Waals surface area contributed by atoms with Crippen molar-refractivity contribution < 1.29 is 9.90 Å². The topological polar surface area (TPSA) is 75.4 Å². The van der Waals surface area contributed by atoms with Gasteiger partial charge in [0, 0.05) is 12.1 Å². The second-order valence-electron chi connectivity index (χ2n) is 4.91. The number of nitrogen functional groups attached to an aromatic ring is 1. The van der Waals surface area contributed by atoms with Crippen LogP contribution in [0.25, 0.3) is 0 Å². The van der Waals surface area contributed by atoms with Crippen molar-refractivity contribution in [1.82, 2.24) is 5.32 Å². The van der Waals surface area contributed by atoms with E-state index >= 15 is 0 Å². The van der Waals surface area contributed by atoms with Crippen molar-refractivity contribution >= 4 is 11.6 Å². The highest BCUT2D eigenvalue weighted by Crippen LogP contribution is 2.14. The third-order valence-corrected chi connectivity index (χ3v) is 3.40. The number of aliphatic hydroxyl groups excluding tert-OH is 1. The van der Waals surface area contributed by atoms with Crippen LogP contribution in [-0.4, -0.2) is 17.6 Å². The van der Waals surface area contributed by atoms with Gasteiger partial charge in [-0.3, -0.25) is 4.79 Å². The van der Waals surface area contributed by atoms with E-state index in [1.165, 1.54) is 0 Å². The van der Waals surface area contributed by atoms with Gasteiger partial charge in [0.15, 0.2) is 0 Å². The number of carbonyl (C=O) groups is 1. The van der Waals surface area contributed by atoms with Gasteiger partial charge in [0.1, 0.15) is 0 Å². The summed E-state index contributed by atoms with van der Waals surface area (Å²) in [6.45, 7) is -0.122. The fourth-order valence-corrected chi connectivity index (χ4v) is 2.20. The summed E-state index contributed by atoms with van der Waals surface area (Å²) in [6.07, 6.45) is 0.934. The highest BCUT2D eigenvalue weighted by atomic mass is 16.3. The summed E-state index contributed by atoms with van der Waals surface area (Å²) in [5.74, 6) is -0.0962. The van der Waals surface area contributed by atoms with Gasteiger partial charge in [0.2, 0.25) is 5.91 Å². The zero-order valence-electron chi connectivity index (χ0n) is 11.8. The molecule has 110 valence electrons. The number of nitrogens with one attached hydrogen (secondary N) is 1. The number of anilines is 1. The molecule has 0 aliphatic carbocycles. The first-order valence-corrected chi connectivity index (χ1v) is 6.99. The normalized spacial score (nSPS) is 11.9. The average Bonchev–Trinajstić information content (AvgIpc) is 2.52. The molecule has 2 aromatic rings. The maximum Gasteiger partial charge on any atom is 0.220 e. The van der Waals surface area contributed by atoms with Crippen LogP contribution in [0.3, 0.4) is 0 Å². The number of para-hydroxylation sites is 1. The van der Waals surface area contributed by atoms with Crippen molar-refractivity contribution in [2.24, 2.45) is 0 Å². The predicted octanol–water partition coefficient (Wildman–Crippen LogP) is 2.05. The first-order valence-electron chi connectivity index (χ1n) is 6.99. The molecule has 0 aliphatic rings. The summed E-state index contributed by atoms with van der Waals surface area (Å²) < 4.78 is 0. The molecule has 0 unspecified atom stereocenters. The van der Waals surface area contributed by atoms with E-state index in [-0.39, 0.29) is 18.6 Å². The molecule has 2 aromatic carbocycles. The van der Waals surface area contributed by atoms with Gasteiger partial charge in [-0.15, -0.1) is 0 Å². The maximum absolute atomic E-state index is 12.0. The number of benzene rings is 2. The van der Waals surface area contributed by atoms with Crippen LogP contribution < -0.4 is 11.1 Å². The van der Waals surface area contributed by atoms with Crippen LogP contribution >= 0.6 is 0 Å². The number of rotatable bonds is 6. The molecule has 0 heterocycles. The SMILES string of the molecule is Nc1ccccc1CCC(=O)N[C@@H](CO)c1ccccc1. The van der Waals surface area contributed by atoms with E-state index < -0.39 is 0 Å². The van der Waals surface area contributed by atoms with E-state index in [4.69, 9.17) is 5.73 Å². The summed E-state index contributed by atoms with van der Waals surface area (Å²) in [5.41, 5.74) is 8.42. The number of nitrogens with two attached hydrogens (primary N) is 1. The lowest BCUT2D eigenvalue weighted by molar-refractivity contribution is -0.122. The summed E-state index contributed by atoms with van der Waals surface area (Å²) in [6, 6.07) is 16.6. The van der Waals surface area contributed by atoms with E-state index in [9.17, 15) is 9.90 Å². The summed E-state index contributed by atoms with van der Waals surface area (Å²) in [5, 5.41) is 12.3. The number of hydrogen-bond acceptors (Lipinski definition) is 3. The van der Waals surface area contributed by atoms with E-state index in [0.717, 1.165) is 11.1 Å². The average molecular weight is 284 g/mol. The summed E-state index contributed by atoms with van der Waals surface area (Å²) >= 11 is 0. The molecule has 4 nitrogen and oxygen atoms in total. The third kappa shape index (κ3) is 4.33. The van der Waals surface area contributed by atoms with Gasteiger partial charge in [0.25, 0.3) is 0 Å². The highest BCUT2D eigenvalue weighted by molar-refractivity contribution is 5.77. The largest absolute Gasteiger partial charge is 0.399 e. The molecule has 0 aromatic heterocycles. The minimum absolute atomic E-state index is 0.0962. The van der Waals surface area contributed by atoms with Crippen molar-refractivity contribution in [3.8, 4) is 0 Å². The molecule has 4 N–H and O–H groups in total. The Morgan fingerprint density at radius 3 is 2.43 bits per heavy atom. The van der Waals surface area contributed by atoms with Crippen molar-refractivity contribution in [2.45, 2.75) is 18.9 Å². The quantitative estimate of drug-likeness (QED) is 0.711. The van der Waals surface area contributed by atoms with Gasteiger partial charge in [-0.25, -0.2) is 0 Å². The van der Waals surface area contributed by atoms with E-state index in [0.29, 0.717) is 18.5 Å². The number of amides is 1. The molecule has 2 rings (SSSR count). The van der Waals surface area contributed by atoms with Crippen LogP contribution in [0.2, 0.25) is 0 Å². The molecular weight excluding hydrogens is 264 g/mol. The van der Waals surface area contributed by atoms with Crippen LogP contribution in [0.4, 0.5) is 5.69 Å². The van der Waals surface area contributed by atoms with Gasteiger partial charge in [-0.05, 0) is 23.6 Å². The Kier molecular flexibility index (Phi) is 5.35. The lowest BCUT2D eigenvalue weighted by atomic mass is 10.1. The first-order chi connectivity index (χ1) is 10.2. The van der Waals surface area contributed by atoms with Gasteiger partial charge >= 0.3 is 0 Å². The second-order valence-corrected chi connectivity index (χ2v) is 4.91. The number of aryl methyl sites for hydroxylation is 1. The molecule has 21 heavy (non-hydrogen) atoms. The molecular formula is C17H20N2O2. The van der Waals surface area contributed by atoms with Crippen molar-refractivity contribution in [3.63, 3.8) is 0 Å². The fourth-order valence-electron chi connectivity index (χ4n) is 2.20. The minimum atomic E-state index is -0.369. The Morgan fingerprint density at radius 2 is 1.76 bits per heavy atom. The van der Waals surface area contributed by atoms with E-state index in [1.807, 2.05) is 54.6 Å². The first kappa shape index (κ1) is 15.1. The number of carbonyl (C=O) groups excluding carboxylic acids is 1. The Morgan fingerprint density at radius 1 is 1.10 bits per heavy atom. The minimum Gasteiger partial charge on any atom is -0.399 e. The Bertz CT molecular complexity index is 584. The Labute approximate surface area is 124 Å². The zero-order valence-corrected chi connectivity index (χ0v) is 11.8. The second kappa shape index (κ2) is 7.45. The van der Waals surface area contributed by atoms with Gasteiger partial charge in [-0.2, -0.15) is 0 Å². The molecule has 0 radical (unpaired) electrons. The Hall–Kier alpha value is -2.33. The van der Waals surface area contributed by atoms with Crippen LogP contribution in [0.5, 0.6) is 0 Å². The summed E-state index contributed by atoms with van der Waals surface area (Å²) in [4.78, 5) is 12.0. The molecule has 0 aliphatic heterocycles. The van der Waals surface area contributed by atoms with Crippen LogP contribution in [0.15, 0.2) is 54.6 Å². The Balaban J connectivity index is 1.90. The van der Waals surface area contributed by atoms with Crippen molar-refractivity contribution in [2.75, 3.05) is 12.3 Å². The molecule has 4 heteroatoms. The molecule has 0 bridgehead atoms. The third-order valence-electron chi connectivity index (χ3n) is 3.40. The standard InChI is InChI=1S/C17H20N2O2/c18-15-9-5-4-6-13(15)10-11-17(21)19-16(12-20)14-7-2-1-3-8-14/h1-9,16,20H,10-12,18H2,(H,19,21)/t16-/m0/s1. The number of hydrogen-bond donors (Lipinski definition) is 3. The fraction of sp³-hybridized carbons (Fsp3) is 0.235. The van der Waals surface area contributed by atoms with Crippen molar-refractivity contribution in [3.05, 3.63) is 65.7 Å². The molecule has 0 spiro atoms. The summed E-state index contributed by atoms with van der Waals surface area (Å²) in [7, 11) is 0. The van der Waals surface area contributed by atoms with Crippen LogP contribution in [0, 0.1) is 0 Å². The lowest BCUT2D eigenvalue weighted by Crippen LogP contribution is -2.30. The number of aliphatic hydroxyl groups is 1. The zero-order chi connectivity index (χ0) is 15.1. The molecule has 1 atom stereocenters. The smallest absolute Gasteiger partial charge is 0.220 e. The highest BCUT2D eigenvalue weighted by Gasteiger charge is 2.13. The monoisotopic (exact) mass is 284 g/mol. The van der Waals surface area contributed by atoms with E-state index in [2.05, 4.69) is 5.32 Å². The lowest BCUT2D eigenvalue weighted by Gasteiger charge is -2.16. The maximum atomic E-state index is 12.0. The van der Waals surface area contributed by atoms with E-state index in [1.54, 1.807) is 0 Å². The molecule has 1 amide bonds. The van der Waals surface area contributed by atoms with Gasteiger partial charge in [0.05, 0.1) is 12.6 Å².